The van der Waals surface area contributed by atoms with Crippen LogP contribution in [0.2, 0.25) is 0 Å². The highest BCUT2D eigenvalue weighted by molar-refractivity contribution is 6.19. The van der Waals surface area contributed by atoms with Crippen LogP contribution in [0.1, 0.15) is 33.5 Å². The minimum Gasteiger partial charge on any atom is -0.487 e. The number of rotatable bonds is 8. The fourth-order valence-electron chi connectivity index (χ4n) is 2.86. The van der Waals surface area contributed by atoms with Crippen molar-refractivity contribution in [2.45, 2.75) is 13.5 Å². The van der Waals surface area contributed by atoms with Gasteiger partial charge in [-0.3, -0.25) is 9.59 Å². The van der Waals surface area contributed by atoms with Crippen molar-refractivity contribution < 1.29 is 18.7 Å². The van der Waals surface area contributed by atoms with Gasteiger partial charge in [-0.05, 0) is 43.3 Å². The summed E-state index contributed by atoms with van der Waals surface area (Å²) in [6.45, 7) is 2.33. The van der Waals surface area contributed by atoms with Gasteiger partial charge in [-0.25, -0.2) is 9.07 Å². The topological polar surface area (TPSA) is 98.1 Å². The van der Waals surface area contributed by atoms with E-state index in [-0.39, 0.29) is 36.4 Å². The van der Waals surface area contributed by atoms with Crippen LogP contribution in [0.5, 0.6) is 5.75 Å². The number of amides is 2. The van der Waals surface area contributed by atoms with E-state index in [4.69, 9.17) is 16.3 Å². The molecule has 10 heteroatoms. The standard InChI is InChI=1S/C23H21ClFN5O3/c1-2-26-22(31)16-8-10-18(11-9-16)30-20(15-33-19-7-5-6-17(25)14-19)21(28-29-30)23(32)27-13-4-3-12-24/h5-11,14H,2,12-13,15H2,1H3,(H,26,31)(H,27,32). The van der Waals surface area contributed by atoms with Gasteiger partial charge < -0.3 is 15.4 Å². The first-order valence-corrected chi connectivity index (χ1v) is 10.6. The van der Waals surface area contributed by atoms with Crippen molar-refractivity contribution >= 4 is 23.4 Å². The van der Waals surface area contributed by atoms with Gasteiger partial charge in [-0.1, -0.05) is 23.1 Å². The van der Waals surface area contributed by atoms with Gasteiger partial charge in [-0.2, -0.15) is 0 Å². The number of hydrogen-bond acceptors (Lipinski definition) is 5. The summed E-state index contributed by atoms with van der Waals surface area (Å²) in [6, 6.07) is 12.3. The first-order valence-electron chi connectivity index (χ1n) is 10.0. The number of nitrogens with zero attached hydrogens (tertiary/aromatic N) is 3. The van der Waals surface area contributed by atoms with Gasteiger partial charge >= 0.3 is 0 Å². The lowest BCUT2D eigenvalue weighted by atomic mass is 10.2. The molecule has 0 atom stereocenters. The number of halogens is 2. The van der Waals surface area contributed by atoms with Crippen LogP contribution in [0.3, 0.4) is 0 Å². The quantitative estimate of drug-likeness (QED) is 0.390. The van der Waals surface area contributed by atoms with Crippen LogP contribution >= 0.6 is 11.6 Å². The fourth-order valence-corrected chi connectivity index (χ4v) is 2.95. The molecule has 2 amide bonds. The molecule has 0 saturated carbocycles. The molecule has 1 aromatic heterocycles. The molecule has 0 bridgehead atoms. The van der Waals surface area contributed by atoms with Gasteiger partial charge in [0.15, 0.2) is 5.69 Å². The second kappa shape index (κ2) is 11.6. The third kappa shape index (κ3) is 6.30. The Kier molecular flexibility index (Phi) is 8.38. The Balaban J connectivity index is 1.89. The van der Waals surface area contributed by atoms with Crippen LogP contribution in [0.4, 0.5) is 4.39 Å². The van der Waals surface area contributed by atoms with Gasteiger partial charge in [0.2, 0.25) is 0 Å². The molecule has 0 aliphatic heterocycles. The van der Waals surface area contributed by atoms with E-state index in [1.807, 2.05) is 6.92 Å². The molecule has 3 aromatic rings. The monoisotopic (exact) mass is 469 g/mol. The van der Waals surface area contributed by atoms with Crippen molar-refractivity contribution in [1.29, 1.82) is 0 Å². The SMILES string of the molecule is CCNC(=O)c1ccc(-n2nnc(C(=O)NCC#CCCl)c2COc2cccc(F)c2)cc1. The summed E-state index contributed by atoms with van der Waals surface area (Å²) in [5, 5.41) is 13.4. The molecule has 0 aliphatic rings. The molecule has 3 rings (SSSR count). The lowest BCUT2D eigenvalue weighted by Crippen LogP contribution is -2.25. The lowest BCUT2D eigenvalue weighted by molar-refractivity contribution is 0.0945. The van der Waals surface area contributed by atoms with Crippen LogP contribution in [0.25, 0.3) is 5.69 Å². The van der Waals surface area contributed by atoms with Gasteiger partial charge in [0, 0.05) is 18.2 Å². The highest BCUT2D eigenvalue weighted by Crippen LogP contribution is 2.18. The van der Waals surface area contributed by atoms with Gasteiger partial charge in [0.1, 0.15) is 23.9 Å². The number of alkyl halides is 1. The number of aromatic nitrogens is 3. The van der Waals surface area contributed by atoms with Crippen LogP contribution in [-0.4, -0.2) is 45.8 Å². The van der Waals surface area contributed by atoms with Gasteiger partial charge in [-0.15, -0.1) is 16.7 Å². The van der Waals surface area contributed by atoms with E-state index in [0.717, 1.165) is 0 Å². The summed E-state index contributed by atoms with van der Waals surface area (Å²) in [4.78, 5) is 24.7. The van der Waals surface area contributed by atoms with E-state index in [1.165, 1.54) is 22.9 Å². The Morgan fingerprint density at radius 1 is 1.12 bits per heavy atom. The minimum atomic E-state index is -0.498. The zero-order chi connectivity index (χ0) is 23.6. The normalized spacial score (nSPS) is 10.2. The van der Waals surface area contributed by atoms with Crippen molar-refractivity contribution in [3.05, 3.63) is 71.3 Å². The van der Waals surface area contributed by atoms with Crippen LogP contribution in [0.15, 0.2) is 48.5 Å². The predicted molar refractivity (Wildman–Crippen MR) is 121 cm³/mol. The maximum absolute atomic E-state index is 13.5. The van der Waals surface area contributed by atoms with E-state index in [0.29, 0.717) is 23.5 Å². The molecule has 0 fully saturated rings. The van der Waals surface area contributed by atoms with Crippen molar-refractivity contribution in [3.8, 4) is 23.3 Å². The zero-order valence-electron chi connectivity index (χ0n) is 17.8. The lowest BCUT2D eigenvalue weighted by Gasteiger charge is -2.11. The molecule has 0 radical (unpaired) electrons. The average Bonchev–Trinajstić information content (AvgIpc) is 3.25. The Labute approximate surface area is 195 Å². The number of hydrogen-bond donors (Lipinski definition) is 2. The Morgan fingerprint density at radius 3 is 2.61 bits per heavy atom. The Hall–Kier alpha value is -3.90. The van der Waals surface area contributed by atoms with Crippen molar-refractivity contribution in [3.63, 3.8) is 0 Å². The number of ether oxygens (including phenoxy) is 1. The van der Waals surface area contributed by atoms with Gasteiger partial charge in [0.05, 0.1) is 18.1 Å². The highest BCUT2D eigenvalue weighted by atomic mass is 35.5. The minimum absolute atomic E-state index is 0.0341. The largest absolute Gasteiger partial charge is 0.487 e. The second-order valence-corrected chi connectivity index (χ2v) is 6.89. The molecule has 8 nitrogen and oxygen atoms in total. The molecular weight excluding hydrogens is 449 g/mol. The third-order valence-corrected chi connectivity index (χ3v) is 4.52. The van der Waals surface area contributed by atoms with Crippen LogP contribution < -0.4 is 15.4 Å². The van der Waals surface area contributed by atoms with E-state index >= 15 is 0 Å². The van der Waals surface area contributed by atoms with Crippen molar-refractivity contribution in [2.24, 2.45) is 0 Å². The summed E-state index contributed by atoms with van der Waals surface area (Å²) in [5.74, 6) is 4.65. The molecule has 0 saturated heterocycles. The van der Waals surface area contributed by atoms with Gasteiger partial charge in [0.25, 0.3) is 11.8 Å². The summed E-state index contributed by atoms with van der Waals surface area (Å²) < 4.78 is 20.6. The molecule has 170 valence electrons. The summed E-state index contributed by atoms with van der Waals surface area (Å²) in [5.41, 5.74) is 1.42. The number of nitrogens with one attached hydrogen (secondary N) is 2. The van der Waals surface area contributed by atoms with E-state index < -0.39 is 11.7 Å². The molecule has 2 N–H and O–H groups in total. The Bertz CT molecular complexity index is 1180. The predicted octanol–water partition coefficient (Wildman–Crippen LogP) is 2.71. The van der Waals surface area contributed by atoms with Crippen molar-refractivity contribution in [1.82, 2.24) is 25.6 Å². The first-order chi connectivity index (χ1) is 16.0. The first kappa shape index (κ1) is 23.8. The summed E-state index contributed by atoms with van der Waals surface area (Å²) in [7, 11) is 0. The van der Waals surface area contributed by atoms with E-state index in [2.05, 4.69) is 32.8 Å². The van der Waals surface area contributed by atoms with Crippen LogP contribution in [0, 0.1) is 17.7 Å². The van der Waals surface area contributed by atoms with E-state index in [1.54, 1.807) is 30.3 Å². The summed E-state index contributed by atoms with van der Waals surface area (Å²) in [6.07, 6.45) is 0. The molecule has 0 aliphatic carbocycles. The number of carbonyl (C=O) groups is 2. The highest BCUT2D eigenvalue weighted by Gasteiger charge is 2.21. The third-order valence-electron chi connectivity index (χ3n) is 4.39. The number of carbonyl (C=O) groups excluding carboxylic acids is 2. The molecular formula is C23H21ClFN5O3. The smallest absolute Gasteiger partial charge is 0.274 e. The number of benzene rings is 2. The average molecular weight is 470 g/mol. The molecule has 0 spiro atoms. The van der Waals surface area contributed by atoms with Crippen LogP contribution in [-0.2, 0) is 6.61 Å². The fraction of sp³-hybridized carbons (Fsp3) is 0.217. The molecule has 0 unspecified atom stereocenters. The maximum atomic E-state index is 13.5. The van der Waals surface area contributed by atoms with E-state index in [9.17, 15) is 14.0 Å². The maximum Gasteiger partial charge on any atom is 0.274 e. The molecule has 2 aromatic carbocycles. The van der Waals surface area contributed by atoms with Crippen molar-refractivity contribution in [2.75, 3.05) is 19.0 Å². The zero-order valence-corrected chi connectivity index (χ0v) is 18.5. The Morgan fingerprint density at radius 2 is 1.91 bits per heavy atom. The summed E-state index contributed by atoms with van der Waals surface area (Å²) >= 11 is 5.51. The second-order valence-electron chi connectivity index (χ2n) is 6.62. The molecule has 1 heterocycles. The molecule has 33 heavy (non-hydrogen) atoms.